The standard InChI is InChI=1S/C18H24O3/c19-13-17-11-15(14-7-3-1-4-8-14)12-18(21-17)20-16-9-5-2-6-10-16/h1,3-4,7-8,11,15-16,18-19H,2,5-6,9-10,12-13H2/t15-,18-/m0/s1. The van der Waals surface area contributed by atoms with Gasteiger partial charge in [-0.1, -0.05) is 49.6 Å². The van der Waals surface area contributed by atoms with Gasteiger partial charge in [0.1, 0.15) is 12.4 Å². The minimum atomic E-state index is -0.231. The van der Waals surface area contributed by atoms with Crippen LogP contribution >= 0.6 is 0 Å². The molecule has 0 bridgehead atoms. The molecule has 21 heavy (non-hydrogen) atoms. The van der Waals surface area contributed by atoms with E-state index in [0.29, 0.717) is 11.9 Å². The number of hydrogen-bond donors (Lipinski definition) is 1. The van der Waals surface area contributed by atoms with E-state index >= 15 is 0 Å². The van der Waals surface area contributed by atoms with Crippen LogP contribution in [0.2, 0.25) is 0 Å². The lowest BCUT2D eigenvalue weighted by molar-refractivity contribution is -0.169. The number of aliphatic hydroxyl groups excluding tert-OH is 1. The van der Waals surface area contributed by atoms with Crippen molar-refractivity contribution in [2.75, 3.05) is 6.61 Å². The zero-order chi connectivity index (χ0) is 14.5. The Labute approximate surface area is 126 Å². The Kier molecular flexibility index (Phi) is 4.94. The molecule has 2 atom stereocenters. The summed E-state index contributed by atoms with van der Waals surface area (Å²) in [4.78, 5) is 0. The number of ether oxygens (including phenoxy) is 2. The van der Waals surface area contributed by atoms with Crippen molar-refractivity contribution < 1.29 is 14.6 Å². The van der Waals surface area contributed by atoms with Crippen LogP contribution in [0.15, 0.2) is 42.2 Å². The van der Waals surface area contributed by atoms with Crippen LogP contribution in [0.4, 0.5) is 0 Å². The van der Waals surface area contributed by atoms with Crippen LogP contribution in [0.1, 0.15) is 50.0 Å². The molecule has 3 heteroatoms. The van der Waals surface area contributed by atoms with Crippen molar-refractivity contribution in [2.24, 2.45) is 0 Å². The fraction of sp³-hybridized carbons (Fsp3) is 0.556. The number of aliphatic hydroxyl groups is 1. The second-order valence-electron chi connectivity index (χ2n) is 5.99. The van der Waals surface area contributed by atoms with E-state index in [1.807, 2.05) is 24.3 Å². The van der Waals surface area contributed by atoms with E-state index in [0.717, 1.165) is 19.3 Å². The maximum atomic E-state index is 9.43. The first-order valence-corrected chi connectivity index (χ1v) is 8.04. The van der Waals surface area contributed by atoms with E-state index in [2.05, 4.69) is 12.1 Å². The summed E-state index contributed by atoms with van der Waals surface area (Å²) < 4.78 is 11.9. The Morgan fingerprint density at radius 1 is 1.10 bits per heavy atom. The zero-order valence-electron chi connectivity index (χ0n) is 12.4. The fourth-order valence-corrected chi connectivity index (χ4v) is 3.28. The van der Waals surface area contributed by atoms with Crippen LogP contribution in [-0.4, -0.2) is 24.1 Å². The Morgan fingerprint density at radius 3 is 2.57 bits per heavy atom. The second kappa shape index (κ2) is 7.10. The van der Waals surface area contributed by atoms with Crippen molar-refractivity contribution >= 4 is 0 Å². The molecule has 0 spiro atoms. The fourth-order valence-electron chi connectivity index (χ4n) is 3.28. The highest BCUT2D eigenvalue weighted by atomic mass is 16.7. The van der Waals surface area contributed by atoms with Crippen molar-refractivity contribution in [3.05, 3.63) is 47.7 Å². The average molecular weight is 288 g/mol. The molecule has 114 valence electrons. The highest BCUT2D eigenvalue weighted by Crippen LogP contribution is 2.33. The highest BCUT2D eigenvalue weighted by Gasteiger charge is 2.28. The molecular formula is C18H24O3. The number of hydrogen-bond acceptors (Lipinski definition) is 3. The van der Waals surface area contributed by atoms with E-state index in [1.54, 1.807) is 0 Å². The Balaban J connectivity index is 1.68. The summed E-state index contributed by atoms with van der Waals surface area (Å²) in [7, 11) is 0. The average Bonchev–Trinajstić information content (AvgIpc) is 2.56. The van der Waals surface area contributed by atoms with Crippen molar-refractivity contribution in [1.29, 1.82) is 0 Å². The predicted octanol–water partition coefficient (Wildman–Crippen LogP) is 3.74. The Bertz CT molecular complexity index is 463. The van der Waals surface area contributed by atoms with Crippen molar-refractivity contribution in [3.8, 4) is 0 Å². The van der Waals surface area contributed by atoms with Crippen LogP contribution in [0.5, 0.6) is 0 Å². The normalized spacial score (nSPS) is 27.0. The summed E-state index contributed by atoms with van der Waals surface area (Å²) in [5.74, 6) is 0.895. The molecule has 1 fully saturated rings. The lowest BCUT2D eigenvalue weighted by atomic mass is 9.93. The first-order chi connectivity index (χ1) is 10.3. The van der Waals surface area contributed by atoms with E-state index < -0.39 is 0 Å². The highest BCUT2D eigenvalue weighted by molar-refractivity contribution is 5.25. The summed E-state index contributed by atoms with van der Waals surface area (Å²) in [5.41, 5.74) is 1.25. The first kappa shape index (κ1) is 14.6. The van der Waals surface area contributed by atoms with Gasteiger partial charge < -0.3 is 14.6 Å². The Morgan fingerprint density at radius 2 is 1.86 bits per heavy atom. The van der Waals surface area contributed by atoms with Gasteiger partial charge in [0.15, 0.2) is 0 Å². The van der Waals surface area contributed by atoms with Crippen LogP contribution < -0.4 is 0 Å². The molecule has 0 saturated heterocycles. The molecule has 1 saturated carbocycles. The van der Waals surface area contributed by atoms with Gasteiger partial charge in [0.25, 0.3) is 0 Å². The first-order valence-electron chi connectivity index (χ1n) is 8.04. The van der Waals surface area contributed by atoms with Crippen LogP contribution in [0, 0.1) is 0 Å². The van der Waals surface area contributed by atoms with Crippen LogP contribution in [0.3, 0.4) is 0 Å². The van der Waals surface area contributed by atoms with Crippen molar-refractivity contribution in [3.63, 3.8) is 0 Å². The monoisotopic (exact) mass is 288 g/mol. The minimum Gasteiger partial charge on any atom is -0.467 e. The van der Waals surface area contributed by atoms with Gasteiger partial charge in [0, 0.05) is 12.3 Å². The van der Waals surface area contributed by atoms with Gasteiger partial charge in [0.05, 0.1) is 6.10 Å². The minimum absolute atomic E-state index is 0.0616. The third kappa shape index (κ3) is 3.86. The van der Waals surface area contributed by atoms with E-state index in [4.69, 9.17) is 9.47 Å². The SMILES string of the molecule is OCC1=C[C@H](c2ccccc2)C[C@@H](OC2CCCCC2)O1. The molecule has 1 aliphatic carbocycles. The predicted molar refractivity (Wildman–Crippen MR) is 81.8 cm³/mol. The number of benzene rings is 1. The van der Waals surface area contributed by atoms with Gasteiger partial charge in [-0.05, 0) is 24.5 Å². The van der Waals surface area contributed by atoms with E-state index in [9.17, 15) is 5.11 Å². The lowest BCUT2D eigenvalue weighted by Crippen LogP contribution is -2.30. The molecule has 1 aliphatic heterocycles. The quantitative estimate of drug-likeness (QED) is 0.917. The molecule has 3 rings (SSSR count). The maximum absolute atomic E-state index is 9.43. The molecule has 0 amide bonds. The summed E-state index contributed by atoms with van der Waals surface area (Å²) >= 11 is 0. The molecule has 0 aromatic heterocycles. The topological polar surface area (TPSA) is 38.7 Å². The molecule has 1 N–H and O–H groups in total. The van der Waals surface area contributed by atoms with Crippen molar-refractivity contribution in [2.45, 2.75) is 56.8 Å². The van der Waals surface area contributed by atoms with Crippen LogP contribution in [0.25, 0.3) is 0 Å². The van der Waals surface area contributed by atoms with E-state index in [-0.39, 0.29) is 18.8 Å². The third-order valence-corrected chi connectivity index (χ3v) is 4.40. The zero-order valence-corrected chi connectivity index (χ0v) is 12.4. The molecule has 0 radical (unpaired) electrons. The van der Waals surface area contributed by atoms with Gasteiger partial charge in [-0.25, -0.2) is 0 Å². The molecule has 1 aromatic carbocycles. The maximum Gasteiger partial charge on any atom is 0.200 e. The molecule has 2 aliphatic rings. The summed E-state index contributed by atoms with van der Waals surface area (Å²) in [6.45, 7) is -0.0616. The van der Waals surface area contributed by atoms with Gasteiger partial charge >= 0.3 is 0 Å². The summed E-state index contributed by atoms with van der Waals surface area (Å²) in [6, 6.07) is 10.4. The molecule has 1 aromatic rings. The van der Waals surface area contributed by atoms with Gasteiger partial charge in [-0.2, -0.15) is 0 Å². The second-order valence-corrected chi connectivity index (χ2v) is 5.99. The van der Waals surface area contributed by atoms with Gasteiger partial charge in [-0.3, -0.25) is 0 Å². The molecular weight excluding hydrogens is 264 g/mol. The number of rotatable bonds is 4. The Hall–Kier alpha value is -1.32. The summed E-state index contributed by atoms with van der Waals surface area (Å²) in [6.07, 6.45) is 9.02. The largest absolute Gasteiger partial charge is 0.467 e. The van der Waals surface area contributed by atoms with Gasteiger partial charge in [-0.15, -0.1) is 0 Å². The van der Waals surface area contributed by atoms with Crippen LogP contribution in [-0.2, 0) is 9.47 Å². The molecule has 1 heterocycles. The smallest absolute Gasteiger partial charge is 0.200 e. The lowest BCUT2D eigenvalue weighted by Gasteiger charge is -2.33. The van der Waals surface area contributed by atoms with Crippen molar-refractivity contribution in [1.82, 2.24) is 0 Å². The van der Waals surface area contributed by atoms with E-state index in [1.165, 1.54) is 24.8 Å². The number of allylic oxidation sites excluding steroid dienone is 1. The molecule has 3 nitrogen and oxygen atoms in total. The van der Waals surface area contributed by atoms with Gasteiger partial charge in [0.2, 0.25) is 6.29 Å². The summed E-state index contributed by atoms with van der Waals surface area (Å²) in [5, 5.41) is 9.43. The third-order valence-electron chi connectivity index (χ3n) is 4.40. The molecule has 0 unspecified atom stereocenters.